The second-order valence-corrected chi connectivity index (χ2v) is 17.6. The summed E-state index contributed by atoms with van der Waals surface area (Å²) >= 11 is 0. The molecule has 5 nitrogen and oxygen atoms in total. The molecule has 0 saturated heterocycles. The second kappa shape index (κ2) is 17.7. The Morgan fingerprint density at radius 2 is 1.47 bits per heavy atom. The first-order valence-electron chi connectivity index (χ1n) is 22.7. The predicted octanol–water partition coefficient (Wildman–Crippen LogP) is 15.3. The fraction of sp³-hybridized carbons (Fsp3) is 0.196. The van der Waals surface area contributed by atoms with Crippen molar-refractivity contribution in [1.29, 1.82) is 0 Å². The molecule has 0 unspecified atom stereocenters. The first-order valence-corrected chi connectivity index (χ1v) is 21.2. The maximum atomic E-state index is 14.1. The first-order chi connectivity index (χ1) is 31.5. The van der Waals surface area contributed by atoms with Crippen molar-refractivity contribution in [3.05, 3.63) is 180 Å². The molecule has 323 valence electrons. The van der Waals surface area contributed by atoms with Crippen LogP contribution in [-0.4, -0.2) is 19.5 Å². The number of pyridine rings is 2. The standard InChI is InChI=1S/C40H31FN3O.C16H17FN.Ir/c1-23(2)29-14-8-15-30(24(3)4)36(29)44-37-31-13-6-5-10-27(31)22-42-39(37)43-40(44)34-17-9-16-33-32-19-18-26(21-35(32)45-38(33)34)25-11-7-12-28(41)20-25;1-11-5-7-13(14(17)9-11)15-8-6-12(10-18-15)16(2,3)4;/h5-16,18-24H,1-4H3;5-6,8-10H,1-4H3;/q2*-1;/i;1D3;. The zero-order chi connectivity index (χ0) is 46.7. The number of para-hydroxylation sites is 1. The number of aryl methyl sites for hydroxylation is 1. The number of fused-ring (bicyclic) bond motifs is 6. The number of aromatic nitrogens is 4. The van der Waals surface area contributed by atoms with Crippen LogP contribution in [0, 0.1) is 30.6 Å². The Morgan fingerprint density at radius 1 is 0.719 bits per heavy atom. The number of hydrogen-bond acceptors (Lipinski definition) is 4. The van der Waals surface area contributed by atoms with Crippen LogP contribution in [0.3, 0.4) is 0 Å². The smallest absolute Gasteiger partial charge is 0.169 e. The topological polar surface area (TPSA) is 56.7 Å². The van der Waals surface area contributed by atoms with Gasteiger partial charge in [0, 0.05) is 64.3 Å². The minimum atomic E-state index is -2.33. The molecule has 0 saturated carbocycles. The second-order valence-electron chi connectivity index (χ2n) is 17.6. The van der Waals surface area contributed by atoms with Crippen molar-refractivity contribution in [2.45, 2.75) is 72.6 Å². The summed E-state index contributed by atoms with van der Waals surface area (Å²) in [6.45, 7) is 12.8. The number of rotatable bonds is 6. The molecule has 0 aliphatic heterocycles. The van der Waals surface area contributed by atoms with Gasteiger partial charge in [-0.25, -0.2) is 9.37 Å². The summed E-state index contributed by atoms with van der Waals surface area (Å²) in [5.41, 5.74) is 10.7. The maximum Gasteiger partial charge on any atom is 0.169 e. The zero-order valence-electron chi connectivity index (χ0n) is 39.6. The Bertz CT molecular complexity index is 3420. The SMILES string of the molecule is CC(C)c1cccc(C(C)C)c1-n1c(-c2[c-]ccc3c2oc2cc(-c4cccc(F)c4)ccc23)nc2ncc3ccccc3c21.[2H]C([2H])([2H])c1c[c-]c(-c2ccc(C(C)(C)C)cn2)c(F)c1.[Ir]. The van der Waals surface area contributed by atoms with Crippen LogP contribution in [0.1, 0.15) is 86.7 Å². The van der Waals surface area contributed by atoms with E-state index in [0.717, 1.165) is 72.5 Å². The van der Waals surface area contributed by atoms with Crippen molar-refractivity contribution >= 4 is 43.9 Å². The third-order valence-electron chi connectivity index (χ3n) is 11.6. The zero-order valence-corrected chi connectivity index (χ0v) is 39.0. The Balaban J connectivity index is 0.000000234. The van der Waals surface area contributed by atoms with Crippen LogP contribution in [0.4, 0.5) is 8.78 Å². The van der Waals surface area contributed by atoms with E-state index >= 15 is 0 Å². The minimum Gasteiger partial charge on any atom is -0.501 e. The summed E-state index contributed by atoms with van der Waals surface area (Å²) in [6, 6.07) is 43.8. The summed E-state index contributed by atoms with van der Waals surface area (Å²) < 4.78 is 58.9. The Morgan fingerprint density at radius 3 is 2.16 bits per heavy atom. The van der Waals surface area contributed by atoms with Crippen LogP contribution in [0.2, 0.25) is 0 Å². The van der Waals surface area contributed by atoms with Gasteiger partial charge in [-0.15, -0.1) is 42.0 Å². The molecule has 0 bridgehead atoms. The average molecular weight is 1030 g/mol. The quantitative estimate of drug-likeness (QED) is 0.156. The van der Waals surface area contributed by atoms with Crippen molar-refractivity contribution in [2.75, 3.05) is 0 Å². The van der Waals surface area contributed by atoms with Gasteiger partial charge in [0.2, 0.25) is 0 Å². The fourth-order valence-corrected chi connectivity index (χ4v) is 8.26. The summed E-state index contributed by atoms with van der Waals surface area (Å²) in [5.74, 6) is 0.397. The minimum absolute atomic E-state index is 0. The maximum absolute atomic E-state index is 14.1. The largest absolute Gasteiger partial charge is 0.501 e. The number of benzene rings is 6. The summed E-state index contributed by atoms with van der Waals surface area (Å²) in [6.07, 6.45) is 3.61. The van der Waals surface area contributed by atoms with Crippen LogP contribution < -0.4 is 0 Å². The van der Waals surface area contributed by atoms with Gasteiger partial charge in [-0.2, -0.15) is 0 Å². The molecule has 0 fully saturated rings. The summed E-state index contributed by atoms with van der Waals surface area (Å²) in [4.78, 5) is 14.3. The molecule has 4 heterocycles. The normalized spacial score (nSPS) is 12.6. The molecule has 10 rings (SSSR count). The van der Waals surface area contributed by atoms with Crippen LogP contribution >= 0.6 is 0 Å². The third-order valence-corrected chi connectivity index (χ3v) is 11.6. The van der Waals surface area contributed by atoms with E-state index in [1.165, 1.54) is 23.3 Å². The van der Waals surface area contributed by atoms with Gasteiger partial charge >= 0.3 is 0 Å². The van der Waals surface area contributed by atoms with Crippen LogP contribution in [-0.2, 0) is 25.5 Å². The molecule has 0 aliphatic rings. The van der Waals surface area contributed by atoms with E-state index in [-0.39, 0.29) is 54.3 Å². The molecular weight excluding hydrogens is 975 g/mol. The van der Waals surface area contributed by atoms with Crippen LogP contribution in [0.15, 0.2) is 138 Å². The fourth-order valence-electron chi connectivity index (χ4n) is 8.26. The monoisotopic (exact) mass is 1030 g/mol. The number of hydrogen-bond donors (Lipinski definition) is 0. The van der Waals surface area contributed by atoms with E-state index in [1.807, 2.05) is 54.7 Å². The van der Waals surface area contributed by atoms with Crippen molar-refractivity contribution in [2.24, 2.45) is 0 Å². The molecule has 0 amide bonds. The van der Waals surface area contributed by atoms with Gasteiger partial charge in [0.25, 0.3) is 0 Å². The summed E-state index contributed by atoms with van der Waals surface area (Å²) in [5, 5.41) is 4.10. The molecule has 0 atom stereocenters. The number of halogens is 2. The van der Waals surface area contributed by atoms with Gasteiger partial charge in [0.05, 0.1) is 16.9 Å². The molecule has 6 aromatic carbocycles. The molecule has 1 radical (unpaired) electrons. The van der Waals surface area contributed by atoms with Crippen molar-refractivity contribution in [3.63, 3.8) is 0 Å². The summed E-state index contributed by atoms with van der Waals surface area (Å²) in [7, 11) is 0. The van der Waals surface area contributed by atoms with E-state index < -0.39 is 12.7 Å². The first kappa shape index (κ1) is 40.4. The average Bonchev–Trinajstić information content (AvgIpc) is 3.87. The van der Waals surface area contributed by atoms with E-state index in [0.29, 0.717) is 16.9 Å². The molecular formula is C56H48F2IrN4O-2. The number of nitrogens with zero attached hydrogens (tertiary/aromatic N) is 4. The molecule has 8 heteroatoms. The number of furan rings is 1. The third kappa shape index (κ3) is 8.29. The van der Waals surface area contributed by atoms with Crippen molar-refractivity contribution in [3.8, 4) is 39.5 Å². The number of imidazole rings is 1. The Kier molecular flexibility index (Phi) is 11.2. The van der Waals surface area contributed by atoms with E-state index in [1.54, 1.807) is 24.4 Å². The molecule has 0 spiro atoms. The molecule has 4 aromatic heterocycles. The van der Waals surface area contributed by atoms with Gasteiger partial charge in [0.1, 0.15) is 11.4 Å². The van der Waals surface area contributed by atoms with Crippen molar-refractivity contribution < 1.29 is 37.4 Å². The van der Waals surface area contributed by atoms with Gasteiger partial charge in [-0.05, 0) is 69.0 Å². The van der Waals surface area contributed by atoms with E-state index in [4.69, 9.17) is 18.5 Å². The van der Waals surface area contributed by atoms with Crippen LogP contribution in [0.5, 0.6) is 0 Å². The predicted molar refractivity (Wildman–Crippen MR) is 253 cm³/mol. The van der Waals surface area contributed by atoms with Gasteiger partial charge in [-0.3, -0.25) is 9.37 Å². The van der Waals surface area contributed by atoms with Gasteiger partial charge in [0.15, 0.2) is 5.65 Å². The molecule has 0 aliphatic carbocycles. The van der Waals surface area contributed by atoms with E-state index in [9.17, 15) is 8.78 Å². The molecule has 64 heavy (non-hydrogen) atoms. The van der Waals surface area contributed by atoms with Crippen LogP contribution in [0.25, 0.3) is 83.3 Å². The van der Waals surface area contributed by atoms with Crippen molar-refractivity contribution in [1.82, 2.24) is 19.5 Å². The Hall–Kier alpha value is -6.34. The Labute approximate surface area is 390 Å². The molecule has 10 aromatic rings. The van der Waals surface area contributed by atoms with E-state index in [2.05, 4.69) is 107 Å². The van der Waals surface area contributed by atoms with Gasteiger partial charge in [-0.1, -0.05) is 151 Å². The molecule has 0 N–H and O–H groups in total. The van der Waals surface area contributed by atoms with Gasteiger partial charge < -0.3 is 14.0 Å².